The van der Waals surface area contributed by atoms with Crippen LogP contribution in [0.15, 0.2) is 58.9 Å². The first-order valence-corrected chi connectivity index (χ1v) is 9.79. The number of nitrogens with zero attached hydrogens (tertiary/aromatic N) is 2. The van der Waals surface area contributed by atoms with Gasteiger partial charge in [-0.2, -0.15) is 0 Å². The van der Waals surface area contributed by atoms with Crippen molar-refractivity contribution in [3.63, 3.8) is 0 Å². The third-order valence-corrected chi connectivity index (χ3v) is 5.76. The van der Waals surface area contributed by atoms with E-state index in [9.17, 15) is 9.59 Å². The van der Waals surface area contributed by atoms with Crippen LogP contribution in [0.3, 0.4) is 0 Å². The van der Waals surface area contributed by atoms with Crippen molar-refractivity contribution < 1.29 is 14.3 Å². The van der Waals surface area contributed by atoms with Crippen LogP contribution < -0.4 is 0 Å². The van der Waals surface area contributed by atoms with Gasteiger partial charge in [0.15, 0.2) is 4.34 Å². The quantitative estimate of drug-likeness (QED) is 0.477. The fourth-order valence-electron chi connectivity index (χ4n) is 2.32. The topological polar surface area (TPSA) is 59.5 Å². The number of hydrogen-bond acceptors (Lipinski definition) is 6. The molecule has 1 unspecified atom stereocenters. The molecule has 1 aromatic heterocycles. The molecule has 3 aromatic rings. The second-order valence-electron chi connectivity index (χ2n) is 5.75. The maximum atomic E-state index is 12.4. The molecule has 7 heteroatoms. The van der Waals surface area contributed by atoms with Gasteiger partial charge in [0, 0.05) is 19.7 Å². The van der Waals surface area contributed by atoms with Crippen molar-refractivity contribution in [3.05, 3.63) is 60.2 Å². The van der Waals surface area contributed by atoms with Gasteiger partial charge in [0.25, 0.3) is 5.91 Å². The standard InChI is InChI=1S/C19H18N2O3S2/c1-21(2)18(23)17(13-8-4-3-5-9-13)24-16(22)12-25-19-20-14-10-6-7-11-15(14)26-19/h3-11,17H,12H2,1-2H3. The number of hydrogen-bond donors (Lipinski definition) is 0. The summed E-state index contributed by atoms with van der Waals surface area (Å²) in [5.41, 5.74) is 1.57. The Kier molecular flexibility index (Phi) is 5.90. The Balaban J connectivity index is 1.66. The summed E-state index contributed by atoms with van der Waals surface area (Å²) in [6.45, 7) is 0. The fraction of sp³-hybridized carbons (Fsp3) is 0.211. The van der Waals surface area contributed by atoms with E-state index >= 15 is 0 Å². The molecule has 26 heavy (non-hydrogen) atoms. The lowest BCUT2D eigenvalue weighted by Gasteiger charge is -2.21. The monoisotopic (exact) mass is 386 g/mol. The predicted molar refractivity (Wildman–Crippen MR) is 104 cm³/mol. The van der Waals surface area contributed by atoms with E-state index in [-0.39, 0.29) is 11.7 Å². The van der Waals surface area contributed by atoms with Crippen LogP contribution in [0, 0.1) is 0 Å². The first-order valence-electron chi connectivity index (χ1n) is 7.98. The van der Waals surface area contributed by atoms with E-state index in [1.165, 1.54) is 28.0 Å². The van der Waals surface area contributed by atoms with Crippen molar-refractivity contribution in [2.75, 3.05) is 19.8 Å². The zero-order chi connectivity index (χ0) is 18.5. The molecule has 1 atom stereocenters. The van der Waals surface area contributed by atoms with Crippen molar-refractivity contribution in [2.24, 2.45) is 0 Å². The van der Waals surface area contributed by atoms with Crippen molar-refractivity contribution in [2.45, 2.75) is 10.4 Å². The third kappa shape index (κ3) is 4.42. The average molecular weight is 386 g/mol. The Morgan fingerprint density at radius 2 is 1.81 bits per heavy atom. The largest absolute Gasteiger partial charge is 0.447 e. The highest BCUT2D eigenvalue weighted by Gasteiger charge is 2.26. The van der Waals surface area contributed by atoms with Gasteiger partial charge in [0.2, 0.25) is 6.10 Å². The van der Waals surface area contributed by atoms with Crippen LogP contribution in [0.25, 0.3) is 10.2 Å². The van der Waals surface area contributed by atoms with E-state index in [1.54, 1.807) is 26.2 Å². The summed E-state index contributed by atoms with van der Waals surface area (Å²) in [4.78, 5) is 30.6. The number of thioether (sulfide) groups is 1. The Bertz CT molecular complexity index is 876. The molecule has 0 saturated carbocycles. The molecule has 0 aliphatic carbocycles. The lowest BCUT2D eigenvalue weighted by molar-refractivity contribution is -0.157. The number of aromatic nitrogens is 1. The Morgan fingerprint density at radius 1 is 1.12 bits per heavy atom. The van der Waals surface area contributed by atoms with Crippen LogP contribution in [-0.2, 0) is 14.3 Å². The Labute approximate surface area is 160 Å². The first-order chi connectivity index (χ1) is 12.5. The van der Waals surface area contributed by atoms with E-state index in [0.29, 0.717) is 5.56 Å². The van der Waals surface area contributed by atoms with E-state index in [0.717, 1.165) is 14.6 Å². The van der Waals surface area contributed by atoms with Crippen molar-refractivity contribution in [3.8, 4) is 0 Å². The fourth-order valence-corrected chi connectivity index (χ4v) is 4.17. The normalized spacial score (nSPS) is 11.9. The zero-order valence-electron chi connectivity index (χ0n) is 14.4. The van der Waals surface area contributed by atoms with Gasteiger partial charge in [0.05, 0.1) is 16.0 Å². The molecular weight excluding hydrogens is 368 g/mol. The lowest BCUT2D eigenvalue weighted by Crippen LogP contribution is -2.31. The molecule has 0 N–H and O–H groups in total. The summed E-state index contributed by atoms with van der Waals surface area (Å²) in [7, 11) is 3.28. The van der Waals surface area contributed by atoms with Crippen molar-refractivity contribution in [1.29, 1.82) is 0 Å². The number of rotatable bonds is 6. The molecule has 3 rings (SSSR count). The molecule has 0 aliphatic rings. The first kappa shape index (κ1) is 18.4. The second-order valence-corrected chi connectivity index (χ2v) is 8.00. The predicted octanol–water partition coefficient (Wildman–Crippen LogP) is 3.76. The van der Waals surface area contributed by atoms with Crippen molar-refractivity contribution >= 4 is 45.2 Å². The smallest absolute Gasteiger partial charge is 0.317 e. The zero-order valence-corrected chi connectivity index (χ0v) is 16.0. The number of benzene rings is 2. The summed E-state index contributed by atoms with van der Waals surface area (Å²) in [6, 6.07) is 16.9. The molecule has 5 nitrogen and oxygen atoms in total. The second kappa shape index (κ2) is 8.33. The number of carbonyl (C=O) groups is 2. The van der Waals surface area contributed by atoms with E-state index in [4.69, 9.17) is 4.74 Å². The van der Waals surface area contributed by atoms with E-state index in [1.807, 2.05) is 42.5 Å². The van der Waals surface area contributed by atoms with Crippen LogP contribution in [0.4, 0.5) is 0 Å². The van der Waals surface area contributed by atoms with Gasteiger partial charge in [-0.05, 0) is 12.1 Å². The minimum atomic E-state index is -0.935. The Hall–Kier alpha value is -2.38. The van der Waals surface area contributed by atoms with Gasteiger partial charge < -0.3 is 9.64 Å². The number of likely N-dealkylation sites (N-methyl/N-ethyl adjacent to an activating group) is 1. The summed E-state index contributed by atoms with van der Waals surface area (Å²) >= 11 is 2.85. The highest BCUT2D eigenvalue weighted by atomic mass is 32.2. The molecule has 0 bridgehead atoms. The molecule has 0 saturated heterocycles. The van der Waals surface area contributed by atoms with Gasteiger partial charge in [0.1, 0.15) is 0 Å². The van der Waals surface area contributed by atoms with Crippen molar-refractivity contribution in [1.82, 2.24) is 9.88 Å². The van der Waals surface area contributed by atoms with Crippen LogP contribution in [0.5, 0.6) is 0 Å². The number of carbonyl (C=O) groups excluding carboxylic acids is 2. The number of fused-ring (bicyclic) bond motifs is 1. The maximum Gasteiger partial charge on any atom is 0.317 e. The molecule has 0 spiro atoms. The molecule has 134 valence electrons. The van der Waals surface area contributed by atoms with Crippen LogP contribution in [0.1, 0.15) is 11.7 Å². The molecule has 2 aromatic carbocycles. The van der Waals surface area contributed by atoms with Gasteiger partial charge in [-0.25, -0.2) is 4.98 Å². The number of thiazole rings is 1. The highest BCUT2D eigenvalue weighted by molar-refractivity contribution is 8.01. The molecule has 0 aliphatic heterocycles. The summed E-state index contributed by atoms with van der Waals surface area (Å²) in [6.07, 6.45) is -0.935. The van der Waals surface area contributed by atoms with Gasteiger partial charge in [-0.1, -0.05) is 54.2 Å². The third-order valence-electron chi connectivity index (χ3n) is 3.60. The van der Waals surface area contributed by atoms with Gasteiger partial charge >= 0.3 is 5.97 Å². The SMILES string of the molecule is CN(C)C(=O)C(OC(=O)CSc1nc2ccccc2s1)c1ccccc1. The number of para-hydroxylation sites is 1. The molecule has 1 amide bonds. The minimum absolute atomic E-state index is 0.101. The van der Waals surface area contributed by atoms with Crippen LogP contribution >= 0.6 is 23.1 Å². The maximum absolute atomic E-state index is 12.4. The van der Waals surface area contributed by atoms with Crippen LogP contribution in [0.2, 0.25) is 0 Å². The Morgan fingerprint density at radius 3 is 2.50 bits per heavy atom. The van der Waals surface area contributed by atoms with Crippen LogP contribution in [-0.4, -0.2) is 41.6 Å². The van der Waals surface area contributed by atoms with Gasteiger partial charge in [-0.3, -0.25) is 9.59 Å². The van der Waals surface area contributed by atoms with Gasteiger partial charge in [-0.15, -0.1) is 11.3 Å². The summed E-state index contributed by atoms with van der Waals surface area (Å²) in [5.74, 6) is -0.614. The van der Waals surface area contributed by atoms with E-state index < -0.39 is 12.1 Å². The number of ether oxygens (including phenoxy) is 1. The summed E-state index contributed by atoms with van der Waals surface area (Å²) in [5, 5.41) is 0. The number of esters is 1. The molecule has 0 fully saturated rings. The minimum Gasteiger partial charge on any atom is -0.447 e. The average Bonchev–Trinajstić information content (AvgIpc) is 3.07. The molecular formula is C19H18N2O3S2. The summed E-state index contributed by atoms with van der Waals surface area (Å²) < 4.78 is 7.36. The molecule has 1 heterocycles. The lowest BCUT2D eigenvalue weighted by atomic mass is 10.1. The molecule has 0 radical (unpaired) electrons. The number of amides is 1. The highest BCUT2D eigenvalue weighted by Crippen LogP contribution is 2.30. The van der Waals surface area contributed by atoms with E-state index in [2.05, 4.69) is 4.98 Å².